The van der Waals surface area contributed by atoms with Gasteiger partial charge in [-0.15, -0.1) is 0 Å². The second kappa shape index (κ2) is 18.5. The summed E-state index contributed by atoms with van der Waals surface area (Å²) in [6, 6.07) is 0.329. The minimum absolute atomic E-state index is 0.109. The molecular formula is C33H64N2O5. The average molecular weight is 569 g/mol. The van der Waals surface area contributed by atoms with Gasteiger partial charge in [0.05, 0.1) is 25.6 Å². The van der Waals surface area contributed by atoms with Crippen LogP contribution >= 0.6 is 0 Å². The van der Waals surface area contributed by atoms with Crippen molar-refractivity contribution >= 4 is 17.8 Å². The molecule has 0 aromatic heterocycles. The normalized spacial score (nSPS) is 17.8. The van der Waals surface area contributed by atoms with Crippen molar-refractivity contribution in [2.24, 2.45) is 11.3 Å². The number of rotatable bonds is 11. The first kappa shape index (κ1) is 40.2. The topological polar surface area (TPSA) is 76.2 Å². The van der Waals surface area contributed by atoms with E-state index in [9.17, 15) is 14.4 Å². The molecule has 1 amide bonds. The Morgan fingerprint density at radius 2 is 1.50 bits per heavy atom. The average Bonchev–Trinajstić information content (AvgIpc) is 2.90. The summed E-state index contributed by atoms with van der Waals surface area (Å²) < 4.78 is 9.22. The predicted octanol–water partition coefficient (Wildman–Crippen LogP) is 7.42. The van der Waals surface area contributed by atoms with E-state index in [4.69, 9.17) is 0 Å². The van der Waals surface area contributed by atoms with Crippen LogP contribution in [-0.4, -0.2) is 72.6 Å². The van der Waals surface area contributed by atoms with Gasteiger partial charge in [-0.2, -0.15) is 0 Å². The summed E-state index contributed by atoms with van der Waals surface area (Å²) in [5, 5.41) is 0. The molecule has 1 unspecified atom stereocenters. The number of ether oxygens (including phenoxy) is 2. The molecule has 236 valence electrons. The van der Waals surface area contributed by atoms with Gasteiger partial charge in [0.15, 0.2) is 0 Å². The first-order chi connectivity index (χ1) is 18.4. The molecule has 7 heteroatoms. The predicted molar refractivity (Wildman–Crippen MR) is 167 cm³/mol. The number of allylic oxidation sites excluding steroid dienone is 1. The SMILES string of the molecule is CC.CC=C(C)C(=O)N(CCCCCC)C1CC(C)(C)N(C)C(C)(C)C1.COC(=O)C(C)CC(C)(C)C(=O)OC. The van der Waals surface area contributed by atoms with Crippen molar-refractivity contribution < 1.29 is 23.9 Å². The molecule has 0 bridgehead atoms. The van der Waals surface area contributed by atoms with Crippen LogP contribution in [-0.2, 0) is 23.9 Å². The zero-order valence-electron chi connectivity index (χ0n) is 28.8. The minimum atomic E-state index is -0.650. The molecule has 1 fully saturated rings. The summed E-state index contributed by atoms with van der Waals surface area (Å²) in [4.78, 5) is 40.1. The first-order valence-corrected chi connectivity index (χ1v) is 15.3. The van der Waals surface area contributed by atoms with Crippen LogP contribution in [0.25, 0.3) is 0 Å². The summed E-state index contributed by atoms with van der Waals surface area (Å²) in [6.07, 6.45) is 9.29. The molecule has 0 aliphatic carbocycles. The summed E-state index contributed by atoms with van der Waals surface area (Å²) in [6.45, 7) is 25.5. The van der Waals surface area contributed by atoms with Crippen molar-refractivity contribution in [1.82, 2.24) is 9.80 Å². The van der Waals surface area contributed by atoms with Gasteiger partial charge in [0.2, 0.25) is 5.91 Å². The number of likely N-dealkylation sites (tertiary alicyclic amines) is 1. The third-order valence-electron chi connectivity index (χ3n) is 8.17. The number of hydrogen-bond donors (Lipinski definition) is 0. The van der Waals surface area contributed by atoms with Crippen LogP contribution in [0.1, 0.15) is 128 Å². The number of hydrogen-bond acceptors (Lipinski definition) is 6. The van der Waals surface area contributed by atoms with Gasteiger partial charge in [-0.1, -0.05) is 53.0 Å². The van der Waals surface area contributed by atoms with E-state index in [1.807, 2.05) is 33.8 Å². The molecule has 0 N–H and O–H groups in total. The van der Waals surface area contributed by atoms with Gasteiger partial charge >= 0.3 is 11.9 Å². The van der Waals surface area contributed by atoms with E-state index < -0.39 is 5.41 Å². The highest BCUT2D eigenvalue weighted by molar-refractivity contribution is 5.93. The Balaban J connectivity index is 0. The van der Waals surface area contributed by atoms with Crippen LogP contribution in [0.4, 0.5) is 0 Å². The smallest absolute Gasteiger partial charge is 0.311 e. The highest BCUT2D eigenvalue weighted by Crippen LogP contribution is 2.39. The number of unbranched alkanes of at least 4 members (excludes halogenated alkanes) is 3. The highest BCUT2D eigenvalue weighted by Gasteiger charge is 2.45. The summed E-state index contributed by atoms with van der Waals surface area (Å²) in [5.41, 5.74) is 0.443. The number of methoxy groups -OCH3 is 2. The van der Waals surface area contributed by atoms with Crippen molar-refractivity contribution in [2.75, 3.05) is 27.8 Å². The molecule has 0 spiro atoms. The Morgan fingerprint density at radius 1 is 1.00 bits per heavy atom. The van der Waals surface area contributed by atoms with E-state index >= 15 is 0 Å². The van der Waals surface area contributed by atoms with Gasteiger partial charge in [-0.25, -0.2) is 0 Å². The molecule has 7 nitrogen and oxygen atoms in total. The molecule has 0 saturated carbocycles. The van der Waals surface area contributed by atoms with E-state index in [0.717, 1.165) is 31.4 Å². The standard InChI is InChI=1S/C21H40N2O.C10H18O4.C2H6/c1-9-11-12-13-14-23(19(24)17(3)10-2)18-15-20(4,5)22(8)21(6,7)16-18;1-7(8(11)13-4)6-10(2,3)9(12)14-5;1-2/h10,18H,9,11-16H2,1-8H3;7H,6H2,1-5H3;1-2H3. The molecule has 40 heavy (non-hydrogen) atoms. The van der Waals surface area contributed by atoms with Gasteiger partial charge < -0.3 is 14.4 Å². The van der Waals surface area contributed by atoms with Gasteiger partial charge in [0, 0.05) is 29.2 Å². The molecule has 1 saturated heterocycles. The van der Waals surface area contributed by atoms with Gasteiger partial charge in [-0.3, -0.25) is 19.3 Å². The first-order valence-electron chi connectivity index (χ1n) is 15.3. The van der Waals surface area contributed by atoms with Crippen molar-refractivity contribution in [3.8, 4) is 0 Å². The number of carbonyl (C=O) groups excluding carboxylic acids is 3. The monoisotopic (exact) mass is 568 g/mol. The van der Waals surface area contributed by atoms with E-state index in [1.54, 1.807) is 20.8 Å². The Labute approximate surface area is 247 Å². The highest BCUT2D eigenvalue weighted by atomic mass is 16.5. The Kier molecular flexibility index (Phi) is 18.6. The van der Waals surface area contributed by atoms with Crippen LogP contribution in [0.2, 0.25) is 0 Å². The maximum absolute atomic E-state index is 13.0. The summed E-state index contributed by atoms with van der Waals surface area (Å²) in [5.74, 6) is -0.681. The molecule has 1 atom stereocenters. The van der Waals surface area contributed by atoms with Gasteiger partial charge in [0.25, 0.3) is 0 Å². The quantitative estimate of drug-likeness (QED) is 0.147. The van der Waals surface area contributed by atoms with Crippen LogP contribution in [0, 0.1) is 11.3 Å². The lowest BCUT2D eigenvalue weighted by Gasteiger charge is -2.55. The fourth-order valence-electron chi connectivity index (χ4n) is 5.46. The second-order valence-corrected chi connectivity index (χ2v) is 12.8. The lowest BCUT2D eigenvalue weighted by Crippen LogP contribution is -2.63. The third-order valence-corrected chi connectivity index (χ3v) is 8.17. The number of carbonyl (C=O) groups is 3. The minimum Gasteiger partial charge on any atom is -0.469 e. The zero-order chi connectivity index (χ0) is 31.9. The van der Waals surface area contributed by atoms with E-state index in [2.05, 4.69) is 60.9 Å². The molecule has 0 aromatic carbocycles. The van der Waals surface area contributed by atoms with Crippen LogP contribution < -0.4 is 0 Å². The molecule has 1 aliphatic heterocycles. The molecule has 0 aromatic rings. The molecular weight excluding hydrogens is 504 g/mol. The zero-order valence-corrected chi connectivity index (χ0v) is 28.8. The molecule has 1 aliphatic rings. The maximum Gasteiger partial charge on any atom is 0.311 e. The van der Waals surface area contributed by atoms with Gasteiger partial charge in [0.1, 0.15) is 0 Å². The maximum atomic E-state index is 13.0. The third kappa shape index (κ3) is 12.7. The van der Waals surface area contributed by atoms with Crippen molar-refractivity contribution in [3.63, 3.8) is 0 Å². The second-order valence-electron chi connectivity index (χ2n) is 12.8. The Hall–Kier alpha value is -1.89. The van der Waals surface area contributed by atoms with Crippen LogP contribution in [0.5, 0.6) is 0 Å². The number of nitrogens with zero attached hydrogens (tertiary/aromatic N) is 2. The van der Waals surface area contributed by atoms with E-state index in [-0.39, 0.29) is 34.8 Å². The van der Waals surface area contributed by atoms with Crippen molar-refractivity contribution in [2.45, 2.75) is 145 Å². The number of amides is 1. The Bertz CT molecular complexity index is 783. The molecule has 1 rings (SSSR count). The fourth-order valence-corrected chi connectivity index (χ4v) is 5.46. The fraction of sp³-hybridized carbons (Fsp3) is 0.848. The number of piperidine rings is 1. The van der Waals surface area contributed by atoms with E-state index in [0.29, 0.717) is 12.5 Å². The lowest BCUT2D eigenvalue weighted by molar-refractivity contribution is -0.154. The van der Waals surface area contributed by atoms with E-state index in [1.165, 1.54) is 33.5 Å². The molecule has 1 heterocycles. The molecule has 0 radical (unpaired) electrons. The summed E-state index contributed by atoms with van der Waals surface area (Å²) >= 11 is 0. The Morgan fingerprint density at radius 3 is 1.90 bits per heavy atom. The lowest BCUT2D eigenvalue weighted by atomic mass is 9.76. The van der Waals surface area contributed by atoms with Crippen molar-refractivity contribution in [1.29, 1.82) is 0 Å². The number of esters is 2. The van der Waals surface area contributed by atoms with Crippen LogP contribution in [0.15, 0.2) is 11.6 Å². The van der Waals surface area contributed by atoms with Crippen LogP contribution in [0.3, 0.4) is 0 Å². The summed E-state index contributed by atoms with van der Waals surface area (Å²) in [7, 11) is 4.90. The van der Waals surface area contributed by atoms with Gasteiger partial charge in [-0.05, 0) is 88.1 Å². The largest absolute Gasteiger partial charge is 0.469 e. The van der Waals surface area contributed by atoms with Crippen molar-refractivity contribution in [3.05, 3.63) is 11.6 Å².